The molecule has 2 heterocycles. The number of pyridine rings is 2. The quantitative estimate of drug-likeness (QED) is 0.811. The number of hydrogen-bond donors (Lipinski definition) is 1. The van der Waals surface area contributed by atoms with E-state index in [9.17, 15) is 0 Å². The zero-order valence-electron chi connectivity index (χ0n) is 9.63. The van der Waals surface area contributed by atoms with Gasteiger partial charge in [0.25, 0.3) is 0 Å². The van der Waals surface area contributed by atoms with Crippen molar-refractivity contribution in [1.82, 2.24) is 9.97 Å². The summed E-state index contributed by atoms with van der Waals surface area (Å²) in [6, 6.07) is 6.04. The molecule has 0 bridgehead atoms. The van der Waals surface area contributed by atoms with Gasteiger partial charge < -0.3 is 5.73 Å². The zero-order chi connectivity index (χ0) is 11.7. The molecule has 17 heavy (non-hydrogen) atoms. The molecular weight excluding hydrogens is 210 g/mol. The number of nitrogen functional groups attached to an aromatic ring is 1. The third kappa shape index (κ3) is 1.78. The smallest absolute Gasteiger partial charge is 0.0511 e. The van der Waals surface area contributed by atoms with E-state index in [1.54, 1.807) is 6.20 Å². The van der Waals surface area contributed by atoms with E-state index < -0.39 is 0 Å². The Hall–Kier alpha value is -1.90. The summed E-state index contributed by atoms with van der Waals surface area (Å²) in [4.78, 5) is 8.72. The van der Waals surface area contributed by atoms with E-state index in [1.807, 2.05) is 24.5 Å². The monoisotopic (exact) mass is 225 g/mol. The van der Waals surface area contributed by atoms with E-state index >= 15 is 0 Å². The summed E-state index contributed by atoms with van der Waals surface area (Å²) in [6.07, 6.45) is 8.91. The van der Waals surface area contributed by atoms with Crippen molar-refractivity contribution in [2.24, 2.45) is 0 Å². The van der Waals surface area contributed by atoms with Crippen LogP contribution in [0.15, 0.2) is 36.8 Å². The Kier molecular flexibility index (Phi) is 2.52. The maximum Gasteiger partial charge on any atom is 0.0511 e. The van der Waals surface area contributed by atoms with Gasteiger partial charge in [0.1, 0.15) is 0 Å². The third-order valence-corrected chi connectivity index (χ3v) is 3.46. The summed E-state index contributed by atoms with van der Waals surface area (Å²) in [5.41, 5.74) is 10.5. The van der Waals surface area contributed by atoms with Crippen LogP contribution in [0.1, 0.15) is 35.6 Å². The van der Waals surface area contributed by atoms with Crippen molar-refractivity contribution in [3.63, 3.8) is 0 Å². The molecule has 0 saturated carbocycles. The fraction of sp³-hybridized carbons (Fsp3) is 0.286. The van der Waals surface area contributed by atoms with Gasteiger partial charge in [0, 0.05) is 35.8 Å². The Bertz CT molecular complexity index is 536. The number of aryl methyl sites for hydroxylation is 1. The molecule has 86 valence electrons. The van der Waals surface area contributed by atoms with E-state index in [0.29, 0.717) is 5.92 Å². The summed E-state index contributed by atoms with van der Waals surface area (Å²) in [5.74, 6) is 0.314. The van der Waals surface area contributed by atoms with E-state index in [-0.39, 0.29) is 0 Å². The van der Waals surface area contributed by atoms with Crippen LogP contribution in [0.3, 0.4) is 0 Å². The minimum Gasteiger partial charge on any atom is -0.398 e. The second-order valence-corrected chi connectivity index (χ2v) is 4.50. The number of aromatic nitrogens is 2. The minimum atomic E-state index is 0.314. The molecule has 1 unspecified atom stereocenters. The lowest BCUT2D eigenvalue weighted by atomic mass is 9.82. The van der Waals surface area contributed by atoms with Gasteiger partial charge >= 0.3 is 0 Å². The molecule has 0 spiro atoms. The molecule has 0 saturated heterocycles. The van der Waals surface area contributed by atoms with Crippen molar-refractivity contribution < 1.29 is 0 Å². The van der Waals surface area contributed by atoms with Gasteiger partial charge in [-0.25, -0.2) is 0 Å². The minimum absolute atomic E-state index is 0.314. The van der Waals surface area contributed by atoms with Crippen LogP contribution in [0, 0.1) is 0 Å². The number of fused-ring (bicyclic) bond motifs is 1. The van der Waals surface area contributed by atoms with Crippen molar-refractivity contribution in [2.45, 2.75) is 25.2 Å². The molecule has 0 radical (unpaired) electrons. The van der Waals surface area contributed by atoms with Crippen molar-refractivity contribution in [1.29, 1.82) is 0 Å². The molecule has 3 rings (SSSR count). The lowest BCUT2D eigenvalue weighted by Crippen LogP contribution is -2.14. The molecule has 3 heteroatoms. The zero-order valence-corrected chi connectivity index (χ0v) is 9.63. The molecule has 0 aromatic carbocycles. The standard InChI is InChI=1S/C14H15N3/c15-13-6-8-16-9-12(13)11-5-1-3-10-4-2-7-17-14(10)11/h2,4,6-9,11H,1,3,5H2,(H2,15,16). The first-order chi connectivity index (χ1) is 8.36. The maximum atomic E-state index is 6.04. The van der Waals surface area contributed by atoms with Gasteiger partial charge in [-0.2, -0.15) is 0 Å². The van der Waals surface area contributed by atoms with E-state index in [0.717, 1.165) is 24.1 Å². The van der Waals surface area contributed by atoms with Gasteiger partial charge in [-0.3, -0.25) is 9.97 Å². The molecule has 0 aliphatic heterocycles. The third-order valence-electron chi connectivity index (χ3n) is 3.46. The highest BCUT2D eigenvalue weighted by molar-refractivity contribution is 5.50. The Labute approximate surface area is 101 Å². The number of nitrogens with zero attached hydrogens (tertiary/aromatic N) is 2. The van der Waals surface area contributed by atoms with Crippen molar-refractivity contribution in [2.75, 3.05) is 5.73 Å². The van der Waals surface area contributed by atoms with Crippen LogP contribution in [-0.2, 0) is 6.42 Å². The molecule has 2 N–H and O–H groups in total. The largest absolute Gasteiger partial charge is 0.398 e. The van der Waals surface area contributed by atoms with Crippen LogP contribution in [0.4, 0.5) is 5.69 Å². The van der Waals surface area contributed by atoms with Crippen molar-refractivity contribution >= 4 is 5.69 Å². The maximum absolute atomic E-state index is 6.04. The highest BCUT2D eigenvalue weighted by Gasteiger charge is 2.24. The average molecular weight is 225 g/mol. The first-order valence-corrected chi connectivity index (χ1v) is 5.99. The fourth-order valence-corrected chi connectivity index (χ4v) is 2.62. The Morgan fingerprint density at radius 3 is 3.06 bits per heavy atom. The number of hydrogen-bond acceptors (Lipinski definition) is 3. The average Bonchev–Trinajstić information content (AvgIpc) is 2.39. The van der Waals surface area contributed by atoms with Gasteiger partial charge in [-0.1, -0.05) is 6.07 Å². The lowest BCUT2D eigenvalue weighted by Gasteiger charge is -2.25. The number of anilines is 1. The van der Waals surface area contributed by atoms with Crippen LogP contribution in [0.2, 0.25) is 0 Å². The van der Waals surface area contributed by atoms with Gasteiger partial charge in [-0.05, 0) is 37.0 Å². The molecule has 2 aromatic heterocycles. The Morgan fingerprint density at radius 2 is 2.18 bits per heavy atom. The van der Waals surface area contributed by atoms with Crippen molar-refractivity contribution in [3.05, 3.63) is 53.6 Å². The Balaban J connectivity index is 2.09. The fourth-order valence-electron chi connectivity index (χ4n) is 2.62. The van der Waals surface area contributed by atoms with Gasteiger partial charge in [0.05, 0.1) is 5.69 Å². The highest BCUT2D eigenvalue weighted by atomic mass is 14.7. The summed E-state index contributed by atoms with van der Waals surface area (Å²) in [5, 5.41) is 0. The predicted octanol–water partition coefficient (Wildman–Crippen LogP) is 2.53. The highest BCUT2D eigenvalue weighted by Crippen LogP contribution is 2.36. The Morgan fingerprint density at radius 1 is 1.24 bits per heavy atom. The molecule has 0 fully saturated rings. The van der Waals surface area contributed by atoms with Crippen molar-refractivity contribution in [3.8, 4) is 0 Å². The van der Waals surface area contributed by atoms with Crippen LogP contribution in [0.25, 0.3) is 0 Å². The summed E-state index contributed by atoms with van der Waals surface area (Å²) in [6.45, 7) is 0. The normalized spacial score (nSPS) is 18.7. The lowest BCUT2D eigenvalue weighted by molar-refractivity contribution is 0.598. The topological polar surface area (TPSA) is 51.8 Å². The molecule has 0 amide bonds. The first kappa shape index (κ1) is 10.3. The second kappa shape index (κ2) is 4.17. The van der Waals surface area contributed by atoms with E-state index in [2.05, 4.69) is 16.0 Å². The predicted molar refractivity (Wildman–Crippen MR) is 67.7 cm³/mol. The van der Waals surface area contributed by atoms with Crippen LogP contribution in [-0.4, -0.2) is 9.97 Å². The van der Waals surface area contributed by atoms with Crippen LogP contribution >= 0.6 is 0 Å². The SMILES string of the molecule is Nc1ccncc1C1CCCc2cccnc21. The number of rotatable bonds is 1. The second-order valence-electron chi connectivity index (χ2n) is 4.50. The van der Waals surface area contributed by atoms with Crippen LogP contribution < -0.4 is 5.73 Å². The van der Waals surface area contributed by atoms with E-state index in [1.165, 1.54) is 17.7 Å². The molecule has 2 aromatic rings. The van der Waals surface area contributed by atoms with E-state index in [4.69, 9.17) is 5.73 Å². The summed E-state index contributed by atoms with van der Waals surface area (Å²) >= 11 is 0. The first-order valence-electron chi connectivity index (χ1n) is 5.99. The molecule has 1 aliphatic rings. The van der Waals surface area contributed by atoms with Gasteiger partial charge in [-0.15, -0.1) is 0 Å². The summed E-state index contributed by atoms with van der Waals surface area (Å²) in [7, 11) is 0. The molecule has 1 aliphatic carbocycles. The molecule has 1 atom stereocenters. The molecular formula is C14H15N3. The summed E-state index contributed by atoms with van der Waals surface area (Å²) < 4.78 is 0. The number of nitrogens with two attached hydrogens (primary N) is 1. The molecule has 3 nitrogen and oxygen atoms in total. The van der Waals surface area contributed by atoms with Gasteiger partial charge in [0.2, 0.25) is 0 Å². The van der Waals surface area contributed by atoms with Crippen LogP contribution in [0.5, 0.6) is 0 Å². The van der Waals surface area contributed by atoms with Gasteiger partial charge in [0.15, 0.2) is 0 Å².